The molecular weight excluding hydrogens is 421 g/mol. The molecule has 0 aliphatic carbocycles. The zero-order valence-electron chi connectivity index (χ0n) is 15.8. The third-order valence-electron chi connectivity index (χ3n) is 4.42. The van der Waals surface area contributed by atoms with Crippen molar-refractivity contribution in [1.29, 1.82) is 0 Å². The summed E-state index contributed by atoms with van der Waals surface area (Å²) in [6.45, 7) is 4.46. The van der Waals surface area contributed by atoms with Gasteiger partial charge in [0.25, 0.3) is 5.69 Å². The number of carbonyl (C=O) groups is 1. The van der Waals surface area contributed by atoms with E-state index in [4.69, 9.17) is 32.7 Å². The summed E-state index contributed by atoms with van der Waals surface area (Å²) < 4.78 is 11.5. The molecule has 1 heterocycles. The Labute approximate surface area is 176 Å². The molecule has 1 aliphatic rings. The standard InChI is InChI=1S/C19H17Cl2N3O5/c1-11-4-5-13(8-16(11)24(26)27)19(3)23(12(2)25)22-18(29-19)10-28-17-7-6-14(20)9-15(17)21/h4-9H,10H2,1-3H3. The quantitative estimate of drug-likeness (QED) is 0.500. The summed E-state index contributed by atoms with van der Waals surface area (Å²) in [6.07, 6.45) is 0. The number of halogens is 2. The van der Waals surface area contributed by atoms with E-state index in [1.54, 1.807) is 38.1 Å². The third-order valence-corrected chi connectivity index (χ3v) is 4.95. The van der Waals surface area contributed by atoms with Gasteiger partial charge in [0.05, 0.1) is 9.95 Å². The van der Waals surface area contributed by atoms with E-state index in [9.17, 15) is 14.9 Å². The number of nitrogens with zero attached hydrogens (tertiary/aromatic N) is 3. The highest BCUT2D eigenvalue weighted by Crippen LogP contribution is 2.37. The second kappa shape index (κ2) is 7.88. The van der Waals surface area contributed by atoms with Crippen molar-refractivity contribution in [2.45, 2.75) is 26.5 Å². The lowest BCUT2D eigenvalue weighted by molar-refractivity contribution is -0.385. The SMILES string of the molecule is CC(=O)N1N=C(COc2ccc(Cl)cc2Cl)OC1(C)c1ccc(C)c([N+](=O)[O-])c1. The van der Waals surface area contributed by atoms with Crippen LogP contribution in [0.4, 0.5) is 5.69 Å². The highest BCUT2D eigenvalue weighted by atomic mass is 35.5. The van der Waals surface area contributed by atoms with Crippen molar-refractivity contribution in [3.8, 4) is 5.75 Å². The topological polar surface area (TPSA) is 94.3 Å². The number of nitro benzene ring substituents is 1. The molecule has 1 amide bonds. The van der Waals surface area contributed by atoms with Gasteiger partial charge in [-0.15, -0.1) is 5.10 Å². The van der Waals surface area contributed by atoms with Crippen molar-refractivity contribution in [2.24, 2.45) is 5.10 Å². The van der Waals surface area contributed by atoms with Gasteiger partial charge in [0.2, 0.25) is 17.5 Å². The number of hydrazone groups is 1. The molecule has 152 valence electrons. The van der Waals surface area contributed by atoms with Crippen LogP contribution in [0.3, 0.4) is 0 Å². The Morgan fingerprint density at radius 1 is 1.31 bits per heavy atom. The summed E-state index contributed by atoms with van der Waals surface area (Å²) in [5, 5.41) is 17.4. The molecule has 1 unspecified atom stereocenters. The summed E-state index contributed by atoms with van der Waals surface area (Å²) in [5.41, 5.74) is -0.523. The number of hydrogen-bond donors (Lipinski definition) is 0. The van der Waals surface area contributed by atoms with Gasteiger partial charge in [0.15, 0.2) is 6.61 Å². The number of nitro groups is 1. The Bertz CT molecular complexity index is 1030. The van der Waals surface area contributed by atoms with Crippen LogP contribution in [-0.2, 0) is 15.3 Å². The third kappa shape index (κ3) is 4.13. The smallest absolute Gasteiger partial charge is 0.272 e. The van der Waals surface area contributed by atoms with Gasteiger partial charge in [-0.2, -0.15) is 5.01 Å². The van der Waals surface area contributed by atoms with Crippen molar-refractivity contribution in [1.82, 2.24) is 5.01 Å². The van der Waals surface area contributed by atoms with Gasteiger partial charge < -0.3 is 9.47 Å². The van der Waals surface area contributed by atoms with E-state index in [1.807, 2.05) is 0 Å². The summed E-state index contributed by atoms with van der Waals surface area (Å²) in [6, 6.07) is 9.40. The van der Waals surface area contributed by atoms with E-state index >= 15 is 0 Å². The van der Waals surface area contributed by atoms with Gasteiger partial charge in [-0.3, -0.25) is 14.9 Å². The second-order valence-corrected chi connectivity index (χ2v) is 7.37. The molecule has 2 aromatic rings. The minimum Gasteiger partial charge on any atom is -0.482 e. The van der Waals surface area contributed by atoms with Gasteiger partial charge in [-0.05, 0) is 25.1 Å². The average molecular weight is 438 g/mol. The van der Waals surface area contributed by atoms with Crippen molar-refractivity contribution in [3.05, 3.63) is 67.7 Å². The zero-order chi connectivity index (χ0) is 21.3. The van der Waals surface area contributed by atoms with E-state index in [0.29, 0.717) is 26.9 Å². The fourth-order valence-corrected chi connectivity index (χ4v) is 3.40. The molecule has 1 aliphatic heterocycles. The first-order chi connectivity index (χ1) is 13.6. The molecule has 8 nitrogen and oxygen atoms in total. The number of rotatable bonds is 5. The predicted molar refractivity (Wildman–Crippen MR) is 108 cm³/mol. The highest BCUT2D eigenvalue weighted by Gasteiger charge is 2.45. The molecule has 0 saturated heterocycles. The minimum absolute atomic E-state index is 0.0755. The molecule has 0 radical (unpaired) electrons. The maximum Gasteiger partial charge on any atom is 0.272 e. The second-order valence-electron chi connectivity index (χ2n) is 6.53. The lowest BCUT2D eigenvalue weighted by Crippen LogP contribution is -2.41. The number of hydrogen-bond acceptors (Lipinski definition) is 6. The van der Waals surface area contributed by atoms with Crippen molar-refractivity contribution in [2.75, 3.05) is 6.61 Å². The Balaban J connectivity index is 1.87. The summed E-state index contributed by atoms with van der Waals surface area (Å²) in [4.78, 5) is 23.0. The van der Waals surface area contributed by atoms with Crippen LogP contribution in [-0.4, -0.2) is 28.3 Å². The van der Waals surface area contributed by atoms with Gasteiger partial charge in [0.1, 0.15) is 5.75 Å². The van der Waals surface area contributed by atoms with E-state index in [2.05, 4.69) is 5.10 Å². The molecule has 0 N–H and O–H groups in total. The Hall–Kier alpha value is -2.84. The van der Waals surface area contributed by atoms with E-state index in [0.717, 1.165) is 5.01 Å². The van der Waals surface area contributed by atoms with Crippen LogP contribution in [0.5, 0.6) is 5.75 Å². The number of benzene rings is 2. The maximum absolute atomic E-state index is 12.2. The first-order valence-corrected chi connectivity index (χ1v) is 9.28. The minimum atomic E-state index is -1.35. The summed E-state index contributed by atoms with van der Waals surface area (Å²) in [7, 11) is 0. The zero-order valence-corrected chi connectivity index (χ0v) is 17.3. The fourth-order valence-electron chi connectivity index (χ4n) is 2.94. The van der Waals surface area contributed by atoms with Gasteiger partial charge in [-0.25, -0.2) is 0 Å². The summed E-state index contributed by atoms with van der Waals surface area (Å²) in [5.74, 6) is 0.100. The van der Waals surface area contributed by atoms with Crippen LogP contribution >= 0.6 is 23.2 Å². The lowest BCUT2D eigenvalue weighted by Gasteiger charge is -2.31. The molecule has 29 heavy (non-hydrogen) atoms. The van der Waals surface area contributed by atoms with Crippen LogP contribution in [0, 0.1) is 17.0 Å². The largest absolute Gasteiger partial charge is 0.482 e. The molecule has 0 aromatic heterocycles. The molecule has 1 atom stereocenters. The monoisotopic (exact) mass is 437 g/mol. The van der Waals surface area contributed by atoms with E-state index in [1.165, 1.54) is 19.1 Å². The Morgan fingerprint density at radius 3 is 2.66 bits per heavy atom. The van der Waals surface area contributed by atoms with Gasteiger partial charge in [-0.1, -0.05) is 35.3 Å². The molecule has 2 aromatic carbocycles. The van der Waals surface area contributed by atoms with Gasteiger partial charge >= 0.3 is 0 Å². The van der Waals surface area contributed by atoms with Crippen LogP contribution in [0.2, 0.25) is 10.0 Å². The number of ether oxygens (including phenoxy) is 2. The lowest BCUT2D eigenvalue weighted by atomic mass is 10.0. The van der Waals surface area contributed by atoms with Gasteiger partial charge in [0, 0.05) is 36.1 Å². The molecule has 3 rings (SSSR count). The predicted octanol–water partition coefficient (Wildman–Crippen LogP) is 4.65. The normalized spacial score (nSPS) is 18.2. The first kappa shape index (κ1) is 20.9. The highest BCUT2D eigenvalue weighted by molar-refractivity contribution is 6.35. The number of carbonyl (C=O) groups excluding carboxylic acids is 1. The van der Waals surface area contributed by atoms with Crippen molar-refractivity contribution in [3.63, 3.8) is 0 Å². The van der Waals surface area contributed by atoms with E-state index in [-0.39, 0.29) is 18.2 Å². The van der Waals surface area contributed by atoms with Crippen LogP contribution in [0.15, 0.2) is 41.5 Å². The van der Waals surface area contributed by atoms with Crippen molar-refractivity contribution < 1.29 is 19.2 Å². The fraction of sp³-hybridized carbons (Fsp3) is 0.263. The molecule has 0 fully saturated rings. The Morgan fingerprint density at radius 2 is 2.03 bits per heavy atom. The molecule has 0 bridgehead atoms. The molecule has 0 spiro atoms. The van der Waals surface area contributed by atoms with Crippen LogP contribution in [0.25, 0.3) is 0 Å². The molecular formula is C19H17Cl2N3O5. The van der Waals surface area contributed by atoms with Crippen molar-refractivity contribution >= 4 is 40.7 Å². The maximum atomic E-state index is 12.2. The average Bonchev–Trinajstić information content (AvgIpc) is 2.99. The van der Waals surface area contributed by atoms with Crippen LogP contribution in [0.1, 0.15) is 25.0 Å². The first-order valence-electron chi connectivity index (χ1n) is 8.52. The summed E-state index contributed by atoms with van der Waals surface area (Å²) >= 11 is 12.0. The number of aryl methyl sites for hydroxylation is 1. The molecule has 10 heteroatoms. The van der Waals surface area contributed by atoms with Crippen LogP contribution < -0.4 is 4.74 Å². The Kier molecular flexibility index (Phi) is 5.68. The number of amides is 1. The molecule has 0 saturated carbocycles. The van der Waals surface area contributed by atoms with E-state index < -0.39 is 16.6 Å².